The number of carbonyl (C=O) groups excluding carboxylic acids is 1. The first-order valence-corrected chi connectivity index (χ1v) is 7.11. The first kappa shape index (κ1) is 14.6. The summed E-state index contributed by atoms with van der Waals surface area (Å²) in [5, 5.41) is 16.5. The van der Waals surface area contributed by atoms with E-state index in [2.05, 4.69) is 15.4 Å². The second kappa shape index (κ2) is 5.84. The molecule has 3 rings (SSSR count). The van der Waals surface area contributed by atoms with Crippen LogP contribution in [0.2, 0.25) is 0 Å². The number of halogens is 1. The molecule has 1 aliphatic rings. The van der Waals surface area contributed by atoms with Crippen LogP contribution in [0.1, 0.15) is 34.8 Å². The van der Waals surface area contributed by atoms with Gasteiger partial charge in [0.05, 0.1) is 30.1 Å². The number of hydrogen-bond donors (Lipinski definition) is 2. The van der Waals surface area contributed by atoms with Crippen molar-refractivity contribution in [3.8, 4) is 0 Å². The fourth-order valence-corrected chi connectivity index (χ4v) is 2.75. The Kier molecular flexibility index (Phi) is 3.89. The number of aliphatic hydroxyl groups is 1. The third-order valence-corrected chi connectivity index (χ3v) is 4.01. The third-order valence-electron chi connectivity index (χ3n) is 4.01. The normalized spacial score (nSPS) is 22.0. The molecule has 116 valence electrons. The Bertz CT molecular complexity index is 682. The van der Waals surface area contributed by atoms with E-state index in [0.29, 0.717) is 12.8 Å². The molecule has 7 heteroatoms. The van der Waals surface area contributed by atoms with Crippen LogP contribution in [-0.4, -0.2) is 31.9 Å². The molecule has 1 atom stereocenters. The minimum absolute atomic E-state index is 0.0382. The highest BCUT2D eigenvalue weighted by Gasteiger charge is 2.36. The maximum absolute atomic E-state index is 13.7. The number of amides is 1. The maximum Gasteiger partial charge on any atom is 0.254 e. The van der Waals surface area contributed by atoms with Gasteiger partial charge in [-0.05, 0) is 24.8 Å². The fraction of sp³-hybridized carbons (Fsp3) is 0.400. The zero-order valence-corrected chi connectivity index (χ0v) is 12.1. The number of aryl methyl sites for hydroxylation is 1. The first-order valence-electron chi connectivity index (χ1n) is 7.11. The van der Waals surface area contributed by atoms with Gasteiger partial charge in [-0.2, -0.15) is 5.10 Å². The highest BCUT2D eigenvalue weighted by atomic mass is 19.1. The van der Waals surface area contributed by atoms with Crippen molar-refractivity contribution >= 4 is 5.91 Å². The molecule has 0 aromatic carbocycles. The lowest BCUT2D eigenvalue weighted by Crippen LogP contribution is -2.41. The van der Waals surface area contributed by atoms with Crippen LogP contribution >= 0.6 is 0 Å². The van der Waals surface area contributed by atoms with Crippen LogP contribution in [0.25, 0.3) is 0 Å². The van der Waals surface area contributed by atoms with Gasteiger partial charge in [-0.15, -0.1) is 0 Å². The summed E-state index contributed by atoms with van der Waals surface area (Å²) in [5.41, 5.74) is 0.811. The quantitative estimate of drug-likeness (QED) is 0.889. The van der Waals surface area contributed by atoms with Gasteiger partial charge < -0.3 is 10.4 Å². The lowest BCUT2D eigenvalue weighted by molar-refractivity contribution is 0.0234. The van der Waals surface area contributed by atoms with E-state index in [1.807, 2.05) is 6.20 Å². The Morgan fingerprint density at radius 2 is 2.27 bits per heavy atom. The average molecular weight is 304 g/mol. The van der Waals surface area contributed by atoms with Crippen molar-refractivity contribution in [3.05, 3.63) is 47.8 Å². The van der Waals surface area contributed by atoms with Crippen LogP contribution in [0.5, 0.6) is 0 Å². The molecule has 1 fully saturated rings. The summed E-state index contributed by atoms with van der Waals surface area (Å²) >= 11 is 0. The second-order valence-corrected chi connectivity index (χ2v) is 5.64. The molecule has 0 aliphatic heterocycles. The van der Waals surface area contributed by atoms with Crippen LogP contribution in [0.3, 0.4) is 0 Å². The molecule has 6 nitrogen and oxygen atoms in total. The smallest absolute Gasteiger partial charge is 0.254 e. The predicted octanol–water partition coefficient (Wildman–Crippen LogP) is 1.20. The van der Waals surface area contributed by atoms with Gasteiger partial charge in [0.15, 0.2) is 5.82 Å². The summed E-state index contributed by atoms with van der Waals surface area (Å²) < 4.78 is 15.3. The SMILES string of the molecule is Cn1cc([C@@H](NC(=O)c2ccncc2F)C2CC(O)C2)cn1. The van der Waals surface area contributed by atoms with Crippen LogP contribution in [0.4, 0.5) is 4.39 Å². The van der Waals surface area contributed by atoms with E-state index in [1.54, 1.807) is 17.9 Å². The van der Waals surface area contributed by atoms with Crippen molar-refractivity contribution in [1.29, 1.82) is 0 Å². The average Bonchev–Trinajstić information content (AvgIpc) is 2.88. The molecule has 2 N–H and O–H groups in total. The Balaban J connectivity index is 1.81. The minimum atomic E-state index is -0.654. The zero-order chi connectivity index (χ0) is 15.7. The van der Waals surface area contributed by atoms with Crippen molar-refractivity contribution in [1.82, 2.24) is 20.1 Å². The van der Waals surface area contributed by atoms with Gasteiger partial charge in [0, 0.05) is 25.0 Å². The molecular formula is C15H17FN4O2. The van der Waals surface area contributed by atoms with E-state index in [0.717, 1.165) is 11.8 Å². The molecule has 0 radical (unpaired) electrons. The molecule has 22 heavy (non-hydrogen) atoms. The number of aliphatic hydroxyl groups excluding tert-OH is 1. The molecule has 1 amide bonds. The molecular weight excluding hydrogens is 287 g/mol. The number of nitrogens with zero attached hydrogens (tertiary/aromatic N) is 3. The third kappa shape index (κ3) is 2.85. The van der Waals surface area contributed by atoms with E-state index >= 15 is 0 Å². The van der Waals surface area contributed by atoms with Crippen LogP contribution in [-0.2, 0) is 7.05 Å². The van der Waals surface area contributed by atoms with Crippen molar-refractivity contribution in [2.45, 2.75) is 25.0 Å². The molecule has 2 heterocycles. The number of nitrogens with one attached hydrogen (secondary N) is 1. The van der Waals surface area contributed by atoms with Crippen molar-refractivity contribution in [3.63, 3.8) is 0 Å². The molecule has 1 saturated carbocycles. The summed E-state index contributed by atoms with van der Waals surface area (Å²) in [7, 11) is 1.79. The highest BCUT2D eigenvalue weighted by Crippen LogP contribution is 2.38. The van der Waals surface area contributed by atoms with Gasteiger partial charge in [0.2, 0.25) is 0 Å². The number of hydrogen-bond acceptors (Lipinski definition) is 4. The second-order valence-electron chi connectivity index (χ2n) is 5.64. The van der Waals surface area contributed by atoms with Gasteiger partial charge in [0.25, 0.3) is 5.91 Å². The number of pyridine rings is 1. The van der Waals surface area contributed by atoms with Gasteiger partial charge in [0.1, 0.15) is 0 Å². The zero-order valence-electron chi connectivity index (χ0n) is 12.1. The predicted molar refractivity (Wildman–Crippen MR) is 76.3 cm³/mol. The number of aromatic nitrogens is 3. The Labute approximate surface area is 127 Å². The lowest BCUT2D eigenvalue weighted by atomic mass is 9.75. The van der Waals surface area contributed by atoms with Crippen LogP contribution in [0.15, 0.2) is 30.9 Å². The maximum atomic E-state index is 13.7. The molecule has 1 aliphatic carbocycles. The molecule has 0 unspecified atom stereocenters. The van der Waals surface area contributed by atoms with E-state index < -0.39 is 11.7 Å². The highest BCUT2D eigenvalue weighted by molar-refractivity contribution is 5.94. The monoisotopic (exact) mass is 304 g/mol. The summed E-state index contributed by atoms with van der Waals surface area (Å²) in [6.45, 7) is 0. The summed E-state index contributed by atoms with van der Waals surface area (Å²) in [5.74, 6) is -1.03. The van der Waals surface area contributed by atoms with Gasteiger partial charge in [-0.25, -0.2) is 4.39 Å². The topological polar surface area (TPSA) is 80.0 Å². The lowest BCUT2D eigenvalue weighted by Gasteiger charge is -2.37. The largest absolute Gasteiger partial charge is 0.393 e. The van der Waals surface area contributed by atoms with Crippen molar-refractivity contribution in [2.24, 2.45) is 13.0 Å². The Morgan fingerprint density at radius 3 is 2.86 bits per heavy atom. The van der Waals surface area contributed by atoms with E-state index in [4.69, 9.17) is 0 Å². The van der Waals surface area contributed by atoms with Gasteiger partial charge >= 0.3 is 0 Å². The molecule has 2 aromatic rings. The van der Waals surface area contributed by atoms with E-state index in [9.17, 15) is 14.3 Å². The molecule has 0 bridgehead atoms. The number of carbonyl (C=O) groups is 1. The summed E-state index contributed by atoms with van der Waals surface area (Å²) in [6.07, 6.45) is 6.78. The fourth-order valence-electron chi connectivity index (χ4n) is 2.75. The Morgan fingerprint density at radius 1 is 1.50 bits per heavy atom. The van der Waals surface area contributed by atoms with Gasteiger partial charge in [-0.3, -0.25) is 14.5 Å². The standard InChI is InChI=1S/C15H17FN4O2/c1-20-8-10(6-18-20)14(9-4-11(21)5-9)19-15(22)12-2-3-17-7-13(12)16/h2-3,6-9,11,14,21H,4-5H2,1H3,(H,19,22)/t9?,11?,14-/m0/s1. The molecule has 0 saturated heterocycles. The Hall–Kier alpha value is -2.28. The van der Waals surface area contributed by atoms with Crippen molar-refractivity contribution in [2.75, 3.05) is 0 Å². The molecule has 2 aromatic heterocycles. The van der Waals surface area contributed by atoms with Crippen LogP contribution in [0, 0.1) is 11.7 Å². The van der Waals surface area contributed by atoms with Gasteiger partial charge in [-0.1, -0.05) is 0 Å². The number of rotatable bonds is 4. The summed E-state index contributed by atoms with van der Waals surface area (Å²) in [4.78, 5) is 16.0. The van der Waals surface area contributed by atoms with Crippen LogP contribution < -0.4 is 5.32 Å². The van der Waals surface area contributed by atoms with Crippen molar-refractivity contribution < 1.29 is 14.3 Å². The first-order chi connectivity index (χ1) is 10.5. The van der Waals surface area contributed by atoms with E-state index in [-0.39, 0.29) is 23.6 Å². The van der Waals surface area contributed by atoms with E-state index in [1.165, 1.54) is 12.3 Å². The molecule has 0 spiro atoms. The summed E-state index contributed by atoms with van der Waals surface area (Å²) in [6, 6.07) is 1.05. The minimum Gasteiger partial charge on any atom is -0.393 e.